The van der Waals surface area contributed by atoms with Crippen LogP contribution in [0.4, 0.5) is 0 Å². The van der Waals surface area contributed by atoms with E-state index in [0.717, 1.165) is 32.3 Å². The van der Waals surface area contributed by atoms with Gasteiger partial charge in [0.1, 0.15) is 0 Å². The largest absolute Gasteiger partial charge is 0.478 e. The molecule has 104 valence electrons. The van der Waals surface area contributed by atoms with E-state index in [0.29, 0.717) is 5.02 Å². The van der Waals surface area contributed by atoms with Crippen LogP contribution in [0, 0.1) is 0 Å². The normalized spacial score (nSPS) is 11.3. The zero-order chi connectivity index (χ0) is 14.8. The molecule has 1 aromatic carbocycles. The first-order valence-electron chi connectivity index (χ1n) is 6.19. The molecule has 2 aromatic heterocycles. The molecule has 2 heterocycles. The van der Waals surface area contributed by atoms with Crippen LogP contribution in [0.3, 0.4) is 0 Å². The predicted molar refractivity (Wildman–Crippen MR) is 86.7 cm³/mol. The van der Waals surface area contributed by atoms with Gasteiger partial charge in [-0.3, -0.25) is 4.98 Å². The first-order chi connectivity index (χ1) is 10.1. The zero-order valence-electron chi connectivity index (χ0n) is 10.8. The molecule has 0 radical (unpaired) electrons. The van der Waals surface area contributed by atoms with Gasteiger partial charge in [0.25, 0.3) is 0 Å². The number of pyridine rings is 1. The van der Waals surface area contributed by atoms with E-state index in [-0.39, 0.29) is 0 Å². The van der Waals surface area contributed by atoms with Crippen LogP contribution >= 0.6 is 22.9 Å². The first kappa shape index (κ1) is 13.8. The number of halogens is 1. The summed E-state index contributed by atoms with van der Waals surface area (Å²) in [5, 5.41) is 10.2. The number of carboxylic acid groups (broad SMARTS) is 1. The van der Waals surface area contributed by atoms with Gasteiger partial charge in [0.2, 0.25) is 0 Å². The summed E-state index contributed by atoms with van der Waals surface area (Å²) in [6.45, 7) is 0. The van der Waals surface area contributed by atoms with Gasteiger partial charge in [-0.05, 0) is 42.5 Å². The van der Waals surface area contributed by atoms with E-state index in [4.69, 9.17) is 16.7 Å². The minimum atomic E-state index is -0.955. The topological polar surface area (TPSA) is 50.2 Å². The molecule has 0 spiro atoms. The highest BCUT2D eigenvalue weighted by Gasteiger charge is 2.09. The Balaban J connectivity index is 2.09. The predicted octanol–water partition coefficient (Wildman–Crippen LogP) is 4.71. The van der Waals surface area contributed by atoms with E-state index >= 15 is 0 Å². The summed E-state index contributed by atoms with van der Waals surface area (Å²) in [5.41, 5.74) is 1.84. The number of carboxylic acids is 1. The van der Waals surface area contributed by atoms with Crippen molar-refractivity contribution in [3.05, 3.63) is 58.6 Å². The van der Waals surface area contributed by atoms with E-state index in [1.54, 1.807) is 12.3 Å². The second kappa shape index (κ2) is 5.68. The molecule has 3 nitrogen and oxygen atoms in total. The molecule has 0 bridgehead atoms. The van der Waals surface area contributed by atoms with Gasteiger partial charge in [0, 0.05) is 33.0 Å². The molecule has 0 fully saturated rings. The fourth-order valence-corrected chi connectivity index (χ4v) is 3.23. The molecular formula is C16H10ClNO2S. The Labute approximate surface area is 130 Å². The number of carbonyl (C=O) groups is 1. The number of benzene rings is 1. The summed E-state index contributed by atoms with van der Waals surface area (Å²) in [6.07, 6.45) is 4.46. The highest BCUT2D eigenvalue weighted by atomic mass is 35.5. The maximum absolute atomic E-state index is 10.6. The maximum Gasteiger partial charge on any atom is 0.328 e. The van der Waals surface area contributed by atoms with Gasteiger partial charge in [-0.25, -0.2) is 4.79 Å². The monoisotopic (exact) mass is 315 g/mol. The standard InChI is InChI=1S/C16H10ClNO2S/c17-13-6-5-12(16-11(13)2-1-9-18-16)14-7-3-10(21-14)4-8-15(19)20/h1-9H,(H,19,20)/b8-4+. The van der Waals surface area contributed by atoms with E-state index in [1.807, 2.05) is 36.4 Å². The van der Waals surface area contributed by atoms with Crippen molar-refractivity contribution in [3.8, 4) is 10.4 Å². The van der Waals surface area contributed by atoms with E-state index in [9.17, 15) is 4.79 Å². The van der Waals surface area contributed by atoms with Crippen LogP contribution in [-0.2, 0) is 4.79 Å². The Kier molecular flexibility index (Phi) is 3.73. The van der Waals surface area contributed by atoms with Gasteiger partial charge in [-0.2, -0.15) is 0 Å². The molecule has 21 heavy (non-hydrogen) atoms. The van der Waals surface area contributed by atoms with Crippen LogP contribution in [0.1, 0.15) is 4.88 Å². The number of aromatic nitrogens is 1. The molecule has 0 aliphatic rings. The summed E-state index contributed by atoms with van der Waals surface area (Å²) in [6, 6.07) is 11.4. The number of hydrogen-bond acceptors (Lipinski definition) is 3. The van der Waals surface area contributed by atoms with Crippen LogP contribution in [0.5, 0.6) is 0 Å². The molecule has 3 rings (SSSR count). The van der Waals surface area contributed by atoms with Gasteiger partial charge < -0.3 is 5.11 Å². The van der Waals surface area contributed by atoms with Crippen molar-refractivity contribution in [2.75, 3.05) is 0 Å². The lowest BCUT2D eigenvalue weighted by atomic mass is 10.1. The number of thiophene rings is 1. The highest BCUT2D eigenvalue weighted by molar-refractivity contribution is 7.16. The minimum absolute atomic E-state index is 0.671. The van der Waals surface area contributed by atoms with Crippen LogP contribution < -0.4 is 0 Å². The van der Waals surface area contributed by atoms with Crippen molar-refractivity contribution >= 4 is 45.9 Å². The smallest absolute Gasteiger partial charge is 0.328 e. The van der Waals surface area contributed by atoms with Gasteiger partial charge in [0.15, 0.2) is 0 Å². The third-order valence-electron chi connectivity index (χ3n) is 3.00. The van der Waals surface area contributed by atoms with E-state index in [2.05, 4.69) is 4.98 Å². The summed E-state index contributed by atoms with van der Waals surface area (Å²) in [4.78, 5) is 16.9. The maximum atomic E-state index is 10.6. The first-order valence-corrected chi connectivity index (χ1v) is 7.39. The average molecular weight is 316 g/mol. The van der Waals surface area contributed by atoms with Gasteiger partial charge in [0.05, 0.1) is 10.5 Å². The van der Waals surface area contributed by atoms with E-state index < -0.39 is 5.97 Å². The van der Waals surface area contributed by atoms with Gasteiger partial charge >= 0.3 is 5.97 Å². The zero-order valence-corrected chi connectivity index (χ0v) is 12.4. The molecule has 3 aromatic rings. The number of hydrogen-bond donors (Lipinski definition) is 1. The fraction of sp³-hybridized carbons (Fsp3) is 0. The second-order valence-corrected chi connectivity index (χ2v) is 5.89. The summed E-state index contributed by atoms with van der Waals surface area (Å²) >= 11 is 7.71. The molecule has 0 amide bonds. The number of rotatable bonds is 3. The summed E-state index contributed by atoms with van der Waals surface area (Å²) < 4.78 is 0. The van der Waals surface area contributed by atoms with Gasteiger partial charge in [-0.1, -0.05) is 11.6 Å². The Hall–Kier alpha value is -2.17. The molecule has 0 unspecified atom stereocenters. The Morgan fingerprint density at radius 2 is 2.10 bits per heavy atom. The lowest BCUT2D eigenvalue weighted by molar-refractivity contribution is -0.131. The fourth-order valence-electron chi connectivity index (χ4n) is 2.08. The Bertz CT molecular complexity index is 854. The van der Waals surface area contributed by atoms with Crippen molar-refractivity contribution in [3.63, 3.8) is 0 Å². The quantitative estimate of drug-likeness (QED) is 0.712. The lowest BCUT2D eigenvalue weighted by Crippen LogP contribution is -1.84. The van der Waals surface area contributed by atoms with Gasteiger partial charge in [-0.15, -0.1) is 11.3 Å². The van der Waals surface area contributed by atoms with Crippen LogP contribution in [0.15, 0.2) is 48.7 Å². The minimum Gasteiger partial charge on any atom is -0.478 e. The van der Waals surface area contributed by atoms with Crippen LogP contribution in [0.25, 0.3) is 27.4 Å². The summed E-state index contributed by atoms with van der Waals surface area (Å²) in [7, 11) is 0. The highest BCUT2D eigenvalue weighted by Crippen LogP contribution is 2.35. The Morgan fingerprint density at radius 1 is 1.24 bits per heavy atom. The van der Waals surface area contributed by atoms with Crippen LogP contribution in [-0.4, -0.2) is 16.1 Å². The second-order valence-electron chi connectivity index (χ2n) is 4.37. The van der Waals surface area contributed by atoms with E-state index in [1.165, 1.54) is 11.3 Å². The SMILES string of the molecule is O=C(O)/C=C/c1ccc(-c2ccc(Cl)c3cccnc23)s1. The molecule has 0 aliphatic heterocycles. The molecule has 0 atom stereocenters. The third kappa shape index (κ3) is 2.82. The Morgan fingerprint density at radius 3 is 2.90 bits per heavy atom. The van der Waals surface area contributed by atoms with Crippen molar-refractivity contribution in [2.24, 2.45) is 0 Å². The molecule has 5 heteroatoms. The number of fused-ring (bicyclic) bond motifs is 1. The van der Waals surface area contributed by atoms with Crippen molar-refractivity contribution in [2.45, 2.75) is 0 Å². The lowest BCUT2D eigenvalue weighted by Gasteiger charge is -2.05. The molecular weight excluding hydrogens is 306 g/mol. The van der Waals surface area contributed by atoms with Crippen molar-refractivity contribution in [1.29, 1.82) is 0 Å². The average Bonchev–Trinajstić information content (AvgIpc) is 2.94. The van der Waals surface area contributed by atoms with Crippen molar-refractivity contribution < 1.29 is 9.90 Å². The van der Waals surface area contributed by atoms with Crippen LogP contribution in [0.2, 0.25) is 5.02 Å². The number of nitrogens with zero attached hydrogens (tertiary/aromatic N) is 1. The molecule has 1 N–H and O–H groups in total. The van der Waals surface area contributed by atoms with Crippen molar-refractivity contribution in [1.82, 2.24) is 4.98 Å². The third-order valence-corrected chi connectivity index (χ3v) is 4.41. The molecule has 0 saturated carbocycles. The summed E-state index contributed by atoms with van der Waals surface area (Å²) in [5.74, 6) is -0.955. The molecule has 0 aliphatic carbocycles. The molecule has 0 saturated heterocycles. The number of aliphatic carboxylic acids is 1.